The maximum Gasteiger partial charge on any atom is 0.130 e. The van der Waals surface area contributed by atoms with Crippen molar-refractivity contribution in [2.45, 2.75) is 20.0 Å². The number of aromatic nitrogens is 2. The van der Waals surface area contributed by atoms with E-state index in [1.807, 2.05) is 44.2 Å². The second-order valence-corrected chi connectivity index (χ2v) is 5.78. The Morgan fingerprint density at radius 3 is 2.60 bits per heavy atom. The van der Waals surface area contributed by atoms with Crippen LogP contribution in [-0.4, -0.2) is 26.7 Å². The highest BCUT2D eigenvalue weighted by Gasteiger charge is 2.08. The third-order valence-corrected chi connectivity index (χ3v) is 3.65. The Labute approximate surface area is 148 Å². The van der Waals surface area contributed by atoms with E-state index in [1.165, 1.54) is 6.33 Å². The van der Waals surface area contributed by atoms with Crippen molar-refractivity contribution in [3.8, 4) is 0 Å². The van der Waals surface area contributed by atoms with Crippen LogP contribution in [0.25, 0.3) is 5.57 Å². The third-order valence-electron chi connectivity index (χ3n) is 3.65. The van der Waals surface area contributed by atoms with E-state index in [2.05, 4.69) is 21.9 Å². The highest BCUT2D eigenvalue weighted by atomic mass is 16.3. The number of benzene rings is 1. The van der Waals surface area contributed by atoms with E-state index in [-0.39, 0.29) is 5.76 Å². The molecule has 0 aliphatic heterocycles. The maximum absolute atomic E-state index is 10.2. The summed E-state index contributed by atoms with van der Waals surface area (Å²) in [5.74, 6) is 0.770. The molecule has 25 heavy (non-hydrogen) atoms. The fourth-order valence-electron chi connectivity index (χ4n) is 2.14. The van der Waals surface area contributed by atoms with Crippen LogP contribution in [0.4, 0.5) is 5.82 Å². The first kappa shape index (κ1) is 18.4. The molecule has 3 N–H and O–H groups in total. The minimum atomic E-state index is -0.635. The van der Waals surface area contributed by atoms with Crippen LogP contribution in [0.3, 0.4) is 0 Å². The molecule has 0 spiro atoms. The lowest BCUT2D eigenvalue weighted by molar-refractivity contribution is 0.191. The second kappa shape index (κ2) is 8.80. The summed E-state index contributed by atoms with van der Waals surface area (Å²) in [5.41, 5.74) is 2.96. The fourth-order valence-corrected chi connectivity index (χ4v) is 2.14. The Hall–Kier alpha value is -2.92. The molecule has 0 saturated carbocycles. The lowest BCUT2D eigenvalue weighted by Gasteiger charge is -2.13. The predicted molar refractivity (Wildman–Crippen MR) is 101 cm³/mol. The minimum absolute atomic E-state index is 0.183. The van der Waals surface area contributed by atoms with Gasteiger partial charge < -0.3 is 15.5 Å². The van der Waals surface area contributed by atoms with Crippen LogP contribution in [-0.2, 0) is 0 Å². The van der Waals surface area contributed by atoms with Gasteiger partial charge in [-0.05, 0) is 31.1 Å². The van der Waals surface area contributed by atoms with Gasteiger partial charge in [-0.25, -0.2) is 9.97 Å². The molecule has 1 aromatic heterocycles. The van der Waals surface area contributed by atoms with Gasteiger partial charge in [0.1, 0.15) is 17.9 Å². The molecule has 1 heterocycles. The van der Waals surface area contributed by atoms with Crippen molar-refractivity contribution in [1.82, 2.24) is 9.97 Å². The molecule has 0 fully saturated rings. The monoisotopic (exact) mass is 337 g/mol. The quantitative estimate of drug-likeness (QED) is 0.525. The van der Waals surface area contributed by atoms with Gasteiger partial charge >= 0.3 is 0 Å². The normalized spacial score (nSPS) is 12.4. The summed E-state index contributed by atoms with van der Waals surface area (Å²) in [6, 6.07) is 11.2. The number of aliphatic hydroxyl groups is 2. The molecule has 5 nitrogen and oxygen atoms in total. The molecule has 0 radical (unpaired) electrons. The number of rotatable bonds is 7. The number of hydrogen-bond donors (Lipinski definition) is 3. The topological polar surface area (TPSA) is 78.3 Å². The molecule has 1 atom stereocenters. The molecule has 0 aliphatic carbocycles. The Balaban J connectivity index is 2.13. The zero-order chi connectivity index (χ0) is 18.2. The maximum atomic E-state index is 10.2. The van der Waals surface area contributed by atoms with Crippen molar-refractivity contribution in [3.63, 3.8) is 0 Å². The van der Waals surface area contributed by atoms with Gasteiger partial charge in [-0.1, -0.05) is 43.0 Å². The number of aliphatic hydroxyl groups excluding tert-OH is 2. The molecule has 130 valence electrons. The van der Waals surface area contributed by atoms with Gasteiger partial charge in [0, 0.05) is 18.2 Å². The van der Waals surface area contributed by atoms with Crippen molar-refractivity contribution < 1.29 is 10.2 Å². The van der Waals surface area contributed by atoms with E-state index in [9.17, 15) is 10.2 Å². The van der Waals surface area contributed by atoms with Gasteiger partial charge in [-0.15, -0.1) is 0 Å². The summed E-state index contributed by atoms with van der Waals surface area (Å²) in [6.07, 6.45) is 4.05. The molecule has 0 aliphatic rings. The average Bonchev–Trinajstić information content (AvgIpc) is 2.64. The number of allylic oxidation sites excluding steroid dienone is 4. The fraction of sp³-hybridized carbons (Fsp3) is 0.200. The second-order valence-electron chi connectivity index (χ2n) is 5.78. The van der Waals surface area contributed by atoms with Crippen LogP contribution < -0.4 is 5.32 Å². The summed E-state index contributed by atoms with van der Waals surface area (Å²) in [5, 5.41) is 23.2. The summed E-state index contributed by atoms with van der Waals surface area (Å²) < 4.78 is 0. The SMILES string of the molecule is C=C/C(=C\C(O)=C(C)C)c1cc(NC[C@H](O)c2ccccc2)ncn1. The van der Waals surface area contributed by atoms with Crippen molar-refractivity contribution in [2.24, 2.45) is 0 Å². The molecule has 0 saturated heterocycles. The van der Waals surface area contributed by atoms with Crippen molar-refractivity contribution in [3.05, 3.63) is 84.0 Å². The van der Waals surface area contributed by atoms with Crippen LogP contribution in [0.15, 0.2) is 72.8 Å². The highest BCUT2D eigenvalue weighted by molar-refractivity contribution is 5.74. The van der Waals surface area contributed by atoms with E-state index in [0.29, 0.717) is 23.6 Å². The summed E-state index contributed by atoms with van der Waals surface area (Å²) in [4.78, 5) is 8.39. The summed E-state index contributed by atoms with van der Waals surface area (Å²) in [7, 11) is 0. The van der Waals surface area contributed by atoms with Crippen molar-refractivity contribution in [1.29, 1.82) is 0 Å². The van der Waals surface area contributed by atoms with Gasteiger partial charge in [0.25, 0.3) is 0 Å². The zero-order valence-corrected chi connectivity index (χ0v) is 14.5. The lowest BCUT2D eigenvalue weighted by Crippen LogP contribution is -2.13. The van der Waals surface area contributed by atoms with Crippen LogP contribution in [0, 0.1) is 0 Å². The highest BCUT2D eigenvalue weighted by Crippen LogP contribution is 2.19. The molecule has 0 amide bonds. The number of nitrogens with zero attached hydrogens (tertiary/aromatic N) is 2. The van der Waals surface area contributed by atoms with E-state index in [0.717, 1.165) is 11.1 Å². The summed E-state index contributed by atoms with van der Waals surface area (Å²) >= 11 is 0. The Kier molecular flexibility index (Phi) is 6.48. The molecular weight excluding hydrogens is 314 g/mol. The Morgan fingerprint density at radius 1 is 1.24 bits per heavy atom. The molecule has 5 heteroatoms. The summed E-state index contributed by atoms with van der Waals surface area (Å²) in [6.45, 7) is 7.74. The molecule has 2 rings (SSSR count). The Morgan fingerprint density at radius 2 is 1.96 bits per heavy atom. The first-order valence-electron chi connectivity index (χ1n) is 8.01. The standard InChI is InChI=1S/C20H23N3O2/c1-4-15(10-18(24)14(2)3)17-11-20(23-13-22-17)21-12-19(25)16-8-6-5-7-9-16/h4-11,13,19,24-25H,1,12H2,2-3H3,(H,21,22,23)/b15-10+/t19-/m0/s1. The molecule has 0 unspecified atom stereocenters. The number of anilines is 1. The van der Waals surface area contributed by atoms with Crippen LogP contribution >= 0.6 is 0 Å². The van der Waals surface area contributed by atoms with Crippen LogP contribution in [0.1, 0.15) is 31.2 Å². The predicted octanol–water partition coefficient (Wildman–Crippen LogP) is 4.04. The van der Waals surface area contributed by atoms with Crippen LogP contribution in [0.2, 0.25) is 0 Å². The average molecular weight is 337 g/mol. The van der Waals surface area contributed by atoms with Crippen molar-refractivity contribution in [2.75, 3.05) is 11.9 Å². The zero-order valence-electron chi connectivity index (χ0n) is 14.5. The van der Waals surface area contributed by atoms with Gasteiger partial charge in [0.05, 0.1) is 11.8 Å². The molecular formula is C20H23N3O2. The van der Waals surface area contributed by atoms with Crippen molar-refractivity contribution >= 4 is 11.4 Å². The van der Waals surface area contributed by atoms with Gasteiger partial charge in [0.2, 0.25) is 0 Å². The van der Waals surface area contributed by atoms with E-state index >= 15 is 0 Å². The molecule has 1 aromatic carbocycles. The molecule has 2 aromatic rings. The van der Waals surface area contributed by atoms with E-state index in [1.54, 1.807) is 18.2 Å². The van der Waals surface area contributed by atoms with E-state index < -0.39 is 6.10 Å². The first-order valence-corrected chi connectivity index (χ1v) is 8.01. The van der Waals surface area contributed by atoms with Gasteiger partial charge in [-0.3, -0.25) is 0 Å². The van der Waals surface area contributed by atoms with Gasteiger partial charge in [0.15, 0.2) is 0 Å². The smallest absolute Gasteiger partial charge is 0.130 e. The molecule has 0 bridgehead atoms. The third kappa shape index (κ3) is 5.29. The minimum Gasteiger partial charge on any atom is -0.508 e. The largest absolute Gasteiger partial charge is 0.508 e. The number of hydrogen-bond acceptors (Lipinski definition) is 5. The lowest BCUT2D eigenvalue weighted by atomic mass is 10.1. The van der Waals surface area contributed by atoms with E-state index in [4.69, 9.17) is 0 Å². The number of nitrogens with one attached hydrogen (secondary N) is 1. The first-order chi connectivity index (χ1) is 12.0. The Bertz CT molecular complexity index is 779. The van der Waals surface area contributed by atoms with Gasteiger partial charge in [-0.2, -0.15) is 0 Å². The van der Waals surface area contributed by atoms with Crippen LogP contribution in [0.5, 0.6) is 0 Å².